The number of aromatic nitrogens is 2. The minimum Gasteiger partial charge on any atom is -0.341 e. The average molecular weight is 429 g/mol. The van der Waals surface area contributed by atoms with Crippen molar-refractivity contribution in [2.24, 2.45) is 14.1 Å². The van der Waals surface area contributed by atoms with Gasteiger partial charge in [0.25, 0.3) is 11.1 Å². The van der Waals surface area contributed by atoms with Crippen molar-refractivity contribution in [3.05, 3.63) is 39.2 Å². The molecule has 0 radical (unpaired) electrons. The standard InChI is InChI=1S/C21H24N4O4S/c1-22-15-8-7-14(11-16(15)23(2)20(22)28)12-17-19(27)25(21(29)30-17)13-18(26)24-9-5-3-4-6-10-24/h7-8,11-12H,3-6,9-10,13H2,1-2H3/b17-12-. The zero-order valence-corrected chi connectivity index (χ0v) is 17.9. The number of nitrogens with zero attached hydrogens (tertiary/aromatic N) is 4. The summed E-state index contributed by atoms with van der Waals surface area (Å²) in [5.74, 6) is -0.628. The largest absolute Gasteiger partial charge is 0.341 e. The van der Waals surface area contributed by atoms with Crippen LogP contribution in [0.15, 0.2) is 27.9 Å². The maximum atomic E-state index is 12.8. The molecule has 2 aromatic rings. The van der Waals surface area contributed by atoms with Crippen LogP contribution in [0, 0.1) is 0 Å². The molecule has 2 fully saturated rings. The second-order valence-electron chi connectivity index (χ2n) is 7.71. The number of benzene rings is 1. The first-order chi connectivity index (χ1) is 14.4. The van der Waals surface area contributed by atoms with Crippen molar-refractivity contribution in [3.63, 3.8) is 0 Å². The van der Waals surface area contributed by atoms with E-state index in [1.54, 1.807) is 35.7 Å². The lowest BCUT2D eigenvalue weighted by Crippen LogP contribution is -2.42. The summed E-state index contributed by atoms with van der Waals surface area (Å²) in [5, 5.41) is -0.428. The molecule has 3 amide bonds. The lowest BCUT2D eigenvalue weighted by atomic mass is 10.2. The van der Waals surface area contributed by atoms with Crippen molar-refractivity contribution in [3.8, 4) is 0 Å². The summed E-state index contributed by atoms with van der Waals surface area (Å²) in [4.78, 5) is 52.9. The van der Waals surface area contributed by atoms with Gasteiger partial charge in [-0.3, -0.25) is 28.4 Å². The molecule has 0 N–H and O–H groups in total. The molecule has 2 aliphatic rings. The van der Waals surface area contributed by atoms with E-state index in [-0.39, 0.29) is 23.0 Å². The van der Waals surface area contributed by atoms with Gasteiger partial charge >= 0.3 is 5.69 Å². The molecule has 2 aliphatic heterocycles. The van der Waals surface area contributed by atoms with E-state index in [0.717, 1.165) is 53.4 Å². The predicted octanol–water partition coefficient (Wildman–Crippen LogP) is 2.32. The third kappa shape index (κ3) is 3.69. The third-order valence-electron chi connectivity index (χ3n) is 5.72. The molecule has 1 aromatic carbocycles. The van der Waals surface area contributed by atoms with Gasteiger partial charge in [-0.05, 0) is 48.4 Å². The van der Waals surface area contributed by atoms with E-state index < -0.39 is 11.1 Å². The van der Waals surface area contributed by atoms with E-state index in [4.69, 9.17) is 0 Å². The Hall–Kier alpha value is -2.81. The van der Waals surface area contributed by atoms with Crippen LogP contribution in [-0.4, -0.2) is 55.6 Å². The van der Waals surface area contributed by atoms with E-state index in [2.05, 4.69) is 0 Å². The number of hydrogen-bond acceptors (Lipinski definition) is 5. The molecule has 8 nitrogen and oxygen atoms in total. The van der Waals surface area contributed by atoms with Crippen LogP contribution in [0.5, 0.6) is 0 Å². The van der Waals surface area contributed by atoms with E-state index >= 15 is 0 Å². The molecule has 0 atom stereocenters. The number of rotatable bonds is 3. The highest BCUT2D eigenvalue weighted by Gasteiger charge is 2.37. The van der Waals surface area contributed by atoms with E-state index in [0.29, 0.717) is 18.7 Å². The molecule has 0 spiro atoms. The number of likely N-dealkylation sites (tertiary alicyclic amines) is 1. The Morgan fingerprint density at radius 2 is 1.67 bits per heavy atom. The van der Waals surface area contributed by atoms with Crippen LogP contribution in [0.1, 0.15) is 31.2 Å². The van der Waals surface area contributed by atoms with Gasteiger partial charge in [0.1, 0.15) is 6.54 Å². The Kier molecular flexibility index (Phi) is 5.55. The third-order valence-corrected chi connectivity index (χ3v) is 6.63. The summed E-state index contributed by atoms with van der Waals surface area (Å²) in [6.07, 6.45) is 5.76. The average Bonchev–Trinajstić information content (AvgIpc) is 3.01. The van der Waals surface area contributed by atoms with Crippen molar-refractivity contribution in [2.75, 3.05) is 19.6 Å². The van der Waals surface area contributed by atoms with Crippen molar-refractivity contribution >= 4 is 45.9 Å². The molecule has 4 rings (SSSR count). The Labute approximate surface area is 178 Å². The van der Waals surface area contributed by atoms with E-state index in [1.165, 1.54) is 4.57 Å². The molecule has 1 aromatic heterocycles. The van der Waals surface area contributed by atoms with Crippen LogP contribution < -0.4 is 5.69 Å². The highest BCUT2D eigenvalue weighted by atomic mass is 32.2. The SMILES string of the molecule is Cn1c(=O)n(C)c2cc(/C=C3\SC(=O)N(CC(=O)N4CCCCCC4)C3=O)ccc21. The summed E-state index contributed by atoms with van der Waals surface area (Å²) in [6.45, 7) is 1.15. The van der Waals surface area contributed by atoms with Gasteiger partial charge < -0.3 is 4.90 Å². The molecule has 0 unspecified atom stereocenters. The summed E-state index contributed by atoms with van der Waals surface area (Å²) in [6, 6.07) is 5.43. The topological polar surface area (TPSA) is 84.6 Å². The fraction of sp³-hybridized carbons (Fsp3) is 0.429. The number of fused-ring (bicyclic) bond motifs is 1. The van der Waals surface area contributed by atoms with Gasteiger partial charge in [-0.1, -0.05) is 18.9 Å². The van der Waals surface area contributed by atoms with Crippen molar-refractivity contribution < 1.29 is 14.4 Å². The highest BCUT2D eigenvalue weighted by Crippen LogP contribution is 2.32. The van der Waals surface area contributed by atoms with Crippen molar-refractivity contribution in [1.29, 1.82) is 0 Å². The predicted molar refractivity (Wildman–Crippen MR) is 116 cm³/mol. The minimum absolute atomic E-state index is 0.130. The minimum atomic E-state index is -0.449. The molecule has 158 valence electrons. The summed E-state index contributed by atoms with van der Waals surface area (Å²) >= 11 is 0.841. The first-order valence-corrected chi connectivity index (χ1v) is 10.9. The highest BCUT2D eigenvalue weighted by molar-refractivity contribution is 8.18. The molecule has 3 heterocycles. The fourth-order valence-corrected chi connectivity index (χ4v) is 4.79. The molecule has 2 saturated heterocycles. The number of carbonyl (C=O) groups excluding carboxylic acids is 3. The summed E-state index contributed by atoms with van der Waals surface area (Å²) in [7, 11) is 3.40. The van der Waals surface area contributed by atoms with Crippen LogP contribution in [0.2, 0.25) is 0 Å². The van der Waals surface area contributed by atoms with Crippen LogP contribution in [0.3, 0.4) is 0 Å². The van der Waals surface area contributed by atoms with Crippen molar-refractivity contribution in [1.82, 2.24) is 18.9 Å². The van der Waals surface area contributed by atoms with E-state index in [9.17, 15) is 19.2 Å². The fourth-order valence-electron chi connectivity index (χ4n) is 3.96. The van der Waals surface area contributed by atoms with Crippen LogP contribution in [-0.2, 0) is 23.7 Å². The Bertz CT molecular complexity index is 1120. The first kappa shape index (κ1) is 20.5. The molecule has 9 heteroatoms. The van der Waals surface area contributed by atoms with Crippen LogP contribution in [0.25, 0.3) is 17.1 Å². The number of amides is 3. The molecule has 0 saturated carbocycles. The number of thioether (sulfide) groups is 1. The van der Waals surface area contributed by atoms with Gasteiger partial charge in [0, 0.05) is 27.2 Å². The van der Waals surface area contributed by atoms with Gasteiger partial charge in [-0.15, -0.1) is 0 Å². The summed E-state index contributed by atoms with van der Waals surface area (Å²) in [5.41, 5.74) is 2.12. The van der Waals surface area contributed by atoms with Crippen molar-refractivity contribution in [2.45, 2.75) is 25.7 Å². The molecule has 0 aliphatic carbocycles. The number of hydrogen-bond donors (Lipinski definition) is 0. The smallest absolute Gasteiger partial charge is 0.328 e. The van der Waals surface area contributed by atoms with Gasteiger partial charge in [0.15, 0.2) is 0 Å². The Morgan fingerprint density at radius 3 is 2.37 bits per heavy atom. The molecule has 30 heavy (non-hydrogen) atoms. The zero-order valence-electron chi connectivity index (χ0n) is 17.1. The lowest BCUT2D eigenvalue weighted by molar-refractivity contribution is -0.135. The Balaban J connectivity index is 1.54. The van der Waals surface area contributed by atoms with Gasteiger partial charge in [-0.25, -0.2) is 4.79 Å². The Morgan fingerprint density at radius 1 is 1.00 bits per heavy atom. The molecular formula is C21H24N4O4S. The first-order valence-electron chi connectivity index (χ1n) is 10.1. The number of imidazole rings is 1. The number of aryl methyl sites for hydroxylation is 2. The quantitative estimate of drug-likeness (QED) is 0.701. The van der Waals surface area contributed by atoms with Gasteiger partial charge in [0.05, 0.1) is 15.9 Å². The van der Waals surface area contributed by atoms with Gasteiger partial charge in [-0.2, -0.15) is 0 Å². The summed E-state index contributed by atoms with van der Waals surface area (Å²) < 4.78 is 3.10. The normalized spacial score (nSPS) is 19.2. The maximum Gasteiger partial charge on any atom is 0.328 e. The second kappa shape index (κ2) is 8.14. The molecule has 0 bridgehead atoms. The number of imide groups is 1. The number of carbonyl (C=O) groups is 3. The van der Waals surface area contributed by atoms with E-state index in [1.807, 2.05) is 12.1 Å². The lowest BCUT2D eigenvalue weighted by Gasteiger charge is -2.22. The second-order valence-corrected chi connectivity index (χ2v) is 8.70. The van der Waals surface area contributed by atoms with Crippen LogP contribution in [0.4, 0.5) is 4.79 Å². The maximum absolute atomic E-state index is 12.8. The monoisotopic (exact) mass is 428 g/mol. The zero-order chi connectivity index (χ0) is 21.4. The van der Waals surface area contributed by atoms with Gasteiger partial charge in [0.2, 0.25) is 5.91 Å². The van der Waals surface area contributed by atoms with Crippen LogP contribution >= 0.6 is 11.8 Å². The molecular weight excluding hydrogens is 404 g/mol.